The number of hydrogen-bond donors (Lipinski definition) is 2. The summed E-state index contributed by atoms with van der Waals surface area (Å²) in [5.41, 5.74) is 1.46. The van der Waals surface area contributed by atoms with Crippen LogP contribution in [0.25, 0.3) is 0 Å². The molecular weight excluding hydrogens is 194 g/mol. The van der Waals surface area contributed by atoms with E-state index in [0.29, 0.717) is 6.61 Å². The fourth-order valence-electron chi connectivity index (χ4n) is 1.40. The van der Waals surface area contributed by atoms with E-state index < -0.39 is 0 Å². The van der Waals surface area contributed by atoms with Crippen molar-refractivity contribution < 1.29 is 5.11 Å². The van der Waals surface area contributed by atoms with Gasteiger partial charge in [-0.05, 0) is 42.8 Å². The largest absolute Gasteiger partial charge is 0.396 e. The number of unbranched alkanes of at least 4 members (excludes halogenated alkanes) is 1. The van der Waals surface area contributed by atoms with E-state index in [-0.39, 0.29) is 0 Å². The minimum absolute atomic E-state index is 0.306. The van der Waals surface area contributed by atoms with E-state index in [0.717, 1.165) is 32.4 Å². The molecule has 3 heteroatoms. The first-order chi connectivity index (χ1) is 6.88. The van der Waals surface area contributed by atoms with Gasteiger partial charge in [0.25, 0.3) is 0 Å². The van der Waals surface area contributed by atoms with Gasteiger partial charge in [0.15, 0.2) is 0 Å². The lowest BCUT2D eigenvalue weighted by Crippen LogP contribution is -2.14. The molecule has 14 heavy (non-hydrogen) atoms. The Balaban J connectivity index is 2.17. The molecule has 0 radical (unpaired) electrons. The van der Waals surface area contributed by atoms with Gasteiger partial charge in [0.05, 0.1) is 0 Å². The van der Waals surface area contributed by atoms with Crippen LogP contribution >= 0.6 is 11.3 Å². The Morgan fingerprint density at radius 3 is 3.00 bits per heavy atom. The van der Waals surface area contributed by atoms with Crippen molar-refractivity contribution in [1.29, 1.82) is 0 Å². The number of hydrogen-bond acceptors (Lipinski definition) is 3. The van der Waals surface area contributed by atoms with E-state index in [1.807, 2.05) is 11.3 Å². The summed E-state index contributed by atoms with van der Waals surface area (Å²) in [7, 11) is 0. The molecule has 1 aromatic heterocycles. The Morgan fingerprint density at radius 1 is 1.43 bits per heavy atom. The zero-order valence-corrected chi connectivity index (χ0v) is 9.57. The molecule has 0 aliphatic carbocycles. The quantitative estimate of drug-likeness (QED) is 0.680. The van der Waals surface area contributed by atoms with E-state index in [4.69, 9.17) is 5.11 Å². The van der Waals surface area contributed by atoms with Crippen molar-refractivity contribution in [3.63, 3.8) is 0 Å². The van der Waals surface area contributed by atoms with Crippen molar-refractivity contribution in [2.24, 2.45) is 0 Å². The number of aliphatic hydroxyl groups is 1. The van der Waals surface area contributed by atoms with E-state index in [9.17, 15) is 0 Å². The van der Waals surface area contributed by atoms with Gasteiger partial charge in [0.2, 0.25) is 0 Å². The molecule has 1 aromatic rings. The first-order valence-electron chi connectivity index (χ1n) is 5.25. The number of aryl methyl sites for hydroxylation is 1. The summed E-state index contributed by atoms with van der Waals surface area (Å²) in [4.78, 5) is 1.46. The molecule has 80 valence electrons. The highest BCUT2D eigenvalue weighted by atomic mass is 32.1. The SMILES string of the molecule is CCc1ccsc1CNCCCCO. The van der Waals surface area contributed by atoms with Crippen LogP contribution in [0.3, 0.4) is 0 Å². The van der Waals surface area contributed by atoms with Crippen molar-refractivity contribution in [1.82, 2.24) is 5.32 Å². The normalized spacial score (nSPS) is 10.7. The van der Waals surface area contributed by atoms with Gasteiger partial charge in [0, 0.05) is 18.0 Å². The molecule has 0 aromatic carbocycles. The number of rotatable bonds is 7. The van der Waals surface area contributed by atoms with E-state index in [1.54, 1.807) is 0 Å². The highest BCUT2D eigenvalue weighted by molar-refractivity contribution is 7.10. The molecule has 1 rings (SSSR count). The summed E-state index contributed by atoms with van der Waals surface area (Å²) in [6.07, 6.45) is 3.08. The predicted molar refractivity (Wildman–Crippen MR) is 61.7 cm³/mol. The van der Waals surface area contributed by atoms with Gasteiger partial charge in [-0.1, -0.05) is 6.92 Å². The second-order valence-electron chi connectivity index (χ2n) is 3.33. The second kappa shape index (κ2) is 6.98. The fraction of sp³-hybridized carbons (Fsp3) is 0.636. The van der Waals surface area contributed by atoms with Crippen LogP contribution in [0.5, 0.6) is 0 Å². The zero-order valence-electron chi connectivity index (χ0n) is 8.75. The average Bonchev–Trinajstić information content (AvgIpc) is 2.65. The van der Waals surface area contributed by atoms with Gasteiger partial charge < -0.3 is 10.4 Å². The van der Waals surface area contributed by atoms with Crippen LogP contribution in [0.15, 0.2) is 11.4 Å². The molecule has 0 aliphatic heterocycles. The van der Waals surface area contributed by atoms with E-state index >= 15 is 0 Å². The highest BCUT2D eigenvalue weighted by Gasteiger charge is 2.00. The number of nitrogens with one attached hydrogen (secondary N) is 1. The molecule has 0 saturated carbocycles. The summed E-state index contributed by atoms with van der Waals surface area (Å²) in [5, 5.41) is 14.2. The lowest BCUT2D eigenvalue weighted by molar-refractivity contribution is 0.283. The average molecular weight is 213 g/mol. The second-order valence-corrected chi connectivity index (χ2v) is 4.33. The molecule has 0 aliphatic rings. The third-order valence-corrected chi connectivity index (χ3v) is 3.23. The van der Waals surface area contributed by atoms with Crippen molar-refractivity contribution in [2.45, 2.75) is 32.7 Å². The molecule has 0 fully saturated rings. The summed E-state index contributed by atoms with van der Waals surface area (Å²) < 4.78 is 0. The molecule has 0 saturated heterocycles. The summed E-state index contributed by atoms with van der Waals surface area (Å²) >= 11 is 1.83. The van der Waals surface area contributed by atoms with Crippen molar-refractivity contribution in [2.75, 3.05) is 13.2 Å². The molecule has 0 amide bonds. The van der Waals surface area contributed by atoms with Gasteiger partial charge in [0.1, 0.15) is 0 Å². The Bertz CT molecular complexity index is 247. The van der Waals surface area contributed by atoms with Crippen LogP contribution in [0.2, 0.25) is 0 Å². The Hall–Kier alpha value is -0.380. The molecule has 2 N–H and O–H groups in total. The number of aliphatic hydroxyl groups excluding tert-OH is 1. The Labute approximate surface area is 90.0 Å². The van der Waals surface area contributed by atoms with Gasteiger partial charge in [-0.3, -0.25) is 0 Å². The van der Waals surface area contributed by atoms with Crippen LogP contribution in [0.1, 0.15) is 30.2 Å². The molecule has 0 spiro atoms. The van der Waals surface area contributed by atoms with Gasteiger partial charge in [-0.2, -0.15) is 0 Å². The van der Waals surface area contributed by atoms with Gasteiger partial charge in [-0.25, -0.2) is 0 Å². The molecular formula is C11H19NOS. The van der Waals surface area contributed by atoms with Crippen LogP contribution in [0, 0.1) is 0 Å². The van der Waals surface area contributed by atoms with E-state index in [1.165, 1.54) is 10.4 Å². The fourth-order valence-corrected chi connectivity index (χ4v) is 2.35. The minimum Gasteiger partial charge on any atom is -0.396 e. The summed E-state index contributed by atoms with van der Waals surface area (Å²) in [6, 6.07) is 2.20. The lowest BCUT2D eigenvalue weighted by Gasteiger charge is -2.04. The third kappa shape index (κ3) is 3.78. The van der Waals surface area contributed by atoms with E-state index in [2.05, 4.69) is 23.7 Å². The van der Waals surface area contributed by atoms with Crippen LogP contribution in [0.4, 0.5) is 0 Å². The zero-order chi connectivity index (χ0) is 10.2. The van der Waals surface area contributed by atoms with Crippen molar-refractivity contribution in [3.8, 4) is 0 Å². The smallest absolute Gasteiger partial charge is 0.0431 e. The monoisotopic (exact) mass is 213 g/mol. The topological polar surface area (TPSA) is 32.3 Å². The predicted octanol–water partition coefficient (Wildman–Crippen LogP) is 2.17. The first kappa shape index (κ1) is 11.7. The van der Waals surface area contributed by atoms with Gasteiger partial charge >= 0.3 is 0 Å². The maximum Gasteiger partial charge on any atom is 0.0431 e. The Morgan fingerprint density at radius 2 is 2.29 bits per heavy atom. The highest BCUT2D eigenvalue weighted by Crippen LogP contribution is 2.16. The van der Waals surface area contributed by atoms with Gasteiger partial charge in [-0.15, -0.1) is 11.3 Å². The molecule has 0 unspecified atom stereocenters. The van der Waals surface area contributed by atoms with Crippen LogP contribution in [-0.2, 0) is 13.0 Å². The van der Waals surface area contributed by atoms with Crippen molar-refractivity contribution in [3.05, 3.63) is 21.9 Å². The third-order valence-electron chi connectivity index (χ3n) is 2.27. The maximum atomic E-state index is 8.61. The summed E-state index contributed by atoms with van der Waals surface area (Å²) in [5.74, 6) is 0. The molecule has 0 atom stereocenters. The minimum atomic E-state index is 0.306. The van der Waals surface area contributed by atoms with Crippen LogP contribution < -0.4 is 5.32 Å². The maximum absolute atomic E-state index is 8.61. The Kier molecular flexibility index (Phi) is 5.83. The van der Waals surface area contributed by atoms with Crippen molar-refractivity contribution >= 4 is 11.3 Å². The summed E-state index contributed by atoms with van der Waals surface area (Å²) in [6.45, 7) is 4.48. The van der Waals surface area contributed by atoms with Crippen LogP contribution in [-0.4, -0.2) is 18.3 Å². The molecule has 1 heterocycles. The first-order valence-corrected chi connectivity index (χ1v) is 6.13. The molecule has 2 nitrogen and oxygen atoms in total. The standard InChI is InChI=1S/C11H19NOS/c1-2-10-5-8-14-11(10)9-12-6-3-4-7-13/h5,8,12-13H,2-4,6-7,9H2,1H3. The lowest BCUT2D eigenvalue weighted by atomic mass is 10.2. The number of thiophene rings is 1. The molecule has 0 bridgehead atoms.